The predicted molar refractivity (Wildman–Crippen MR) is 88.8 cm³/mol. The molecule has 8 heteroatoms. The van der Waals surface area contributed by atoms with E-state index in [9.17, 15) is 8.42 Å². The van der Waals surface area contributed by atoms with Crippen molar-refractivity contribution in [1.29, 1.82) is 5.26 Å². The van der Waals surface area contributed by atoms with E-state index in [0.717, 1.165) is 0 Å². The lowest BCUT2D eigenvalue weighted by Gasteiger charge is -2.33. The first kappa shape index (κ1) is 15.9. The molecule has 0 radical (unpaired) electrons. The monoisotopic (exact) mass is 348 g/mol. The van der Waals surface area contributed by atoms with Gasteiger partial charge in [0.15, 0.2) is 0 Å². The molecule has 1 aliphatic heterocycles. The molecule has 0 spiro atoms. The van der Waals surface area contributed by atoms with Gasteiger partial charge < -0.3 is 4.90 Å². The number of rotatable bonds is 4. The number of aromatic nitrogens is 1. The highest BCUT2D eigenvalue weighted by Gasteiger charge is 2.26. The highest BCUT2D eigenvalue weighted by atomic mass is 32.2. The number of nitrogens with zero attached hydrogens (tertiary/aromatic N) is 3. The van der Waals surface area contributed by atoms with Gasteiger partial charge in [0.2, 0.25) is 10.0 Å². The van der Waals surface area contributed by atoms with Crippen LogP contribution in [0.25, 0.3) is 0 Å². The third-order valence-corrected chi connectivity index (χ3v) is 6.70. The second-order valence-electron chi connectivity index (χ2n) is 5.30. The smallest absolute Gasteiger partial charge is 0.250 e. The van der Waals surface area contributed by atoms with E-state index >= 15 is 0 Å². The molecule has 0 amide bonds. The van der Waals surface area contributed by atoms with E-state index in [4.69, 9.17) is 5.26 Å². The van der Waals surface area contributed by atoms with Crippen LogP contribution in [0.2, 0.25) is 0 Å². The fraction of sp³-hybridized carbons (Fsp3) is 0.333. The van der Waals surface area contributed by atoms with E-state index in [0.29, 0.717) is 41.5 Å². The first-order valence-corrected chi connectivity index (χ1v) is 9.62. The van der Waals surface area contributed by atoms with Gasteiger partial charge in [-0.15, -0.1) is 11.3 Å². The van der Waals surface area contributed by atoms with Crippen LogP contribution in [0, 0.1) is 11.3 Å². The molecule has 0 aromatic carbocycles. The SMILES string of the molecule is N#Cc1cccnc1N1CCC(NS(=O)(=O)c2cccs2)CC1. The average Bonchev–Trinajstić information content (AvgIpc) is 3.11. The van der Waals surface area contributed by atoms with Crippen LogP contribution in [-0.2, 0) is 10.0 Å². The Labute approximate surface area is 139 Å². The van der Waals surface area contributed by atoms with Crippen LogP contribution in [0.5, 0.6) is 0 Å². The molecule has 120 valence electrons. The van der Waals surface area contributed by atoms with Crippen molar-refractivity contribution in [1.82, 2.24) is 9.71 Å². The summed E-state index contributed by atoms with van der Waals surface area (Å²) in [5, 5.41) is 10.9. The predicted octanol–water partition coefficient (Wildman–Crippen LogP) is 1.96. The Morgan fingerprint density at radius 1 is 1.30 bits per heavy atom. The first-order valence-electron chi connectivity index (χ1n) is 7.26. The van der Waals surface area contributed by atoms with Crippen LogP contribution in [-0.4, -0.2) is 32.5 Å². The van der Waals surface area contributed by atoms with Crippen molar-refractivity contribution < 1.29 is 8.42 Å². The van der Waals surface area contributed by atoms with Crippen molar-refractivity contribution in [2.24, 2.45) is 0 Å². The second-order valence-corrected chi connectivity index (χ2v) is 8.19. The lowest BCUT2D eigenvalue weighted by Crippen LogP contribution is -2.44. The maximum Gasteiger partial charge on any atom is 0.250 e. The lowest BCUT2D eigenvalue weighted by molar-refractivity contribution is 0.459. The molecule has 0 aliphatic carbocycles. The molecule has 0 saturated carbocycles. The maximum absolute atomic E-state index is 12.2. The van der Waals surface area contributed by atoms with Crippen molar-refractivity contribution in [3.63, 3.8) is 0 Å². The van der Waals surface area contributed by atoms with Crippen LogP contribution >= 0.6 is 11.3 Å². The molecule has 1 aliphatic rings. The highest BCUT2D eigenvalue weighted by Crippen LogP contribution is 2.23. The number of hydrogen-bond donors (Lipinski definition) is 1. The van der Waals surface area contributed by atoms with Crippen molar-refractivity contribution in [3.05, 3.63) is 41.4 Å². The Morgan fingerprint density at radius 2 is 2.09 bits per heavy atom. The van der Waals surface area contributed by atoms with Crippen LogP contribution in [0.15, 0.2) is 40.1 Å². The first-order chi connectivity index (χ1) is 11.1. The molecule has 2 aromatic rings. The molecule has 3 rings (SSSR count). The molecule has 2 aromatic heterocycles. The lowest BCUT2D eigenvalue weighted by atomic mass is 10.1. The Kier molecular flexibility index (Phi) is 4.61. The van der Waals surface area contributed by atoms with E-state index in [1.54, 1.807) is 35.8 Å². The largest absolute Gasteiger partial charge is 0.355 e. The molecule has 23 heavy (non-hydrogen) atoms. The quantitative estimate of drug-likeness (QED) is 0.913. The maximum atomic E-state index is 12.2. The Balaban J connectivity index is 1.64. The summed E-state index contributed by atoms with van der Waals surface area (Å²) in [7, 11) is -3.43. The summed E-state index contributed by atoms with van der Waals surface area (Å²) >= 11 is 1.21. The number of pyridine rings is 1. The van der Waals surface area contributed by atoms with Crippen molar-refractivity contribution in [2.75, 3.05) is 18.0 Å². The van der Waals surface area contributed by atoms with Crippen molar-refractivity contribution in [2.45, 2.75) is 23.1 Å². The van der Waals surface area contributed by atoms with Gasteiger partial charge in [0, 0.05) is 25.3 Å². The average molecular weight is 348 g/mol. The number of nitriles is 1. The molecule has 0 unspecified atom stereocenters. The van der Waals surface area contributed by atoms with Gasteiger partial charge >= 0.3 is 0 Å². The summed E-state index contributed by atoms with van der Waals surface area (Å²) in [5.74, 6) is 0.676. The van der Waals surface area contributed by atoms with Gasteiger partial charge in [-0.3, -0.25) is 0 Å². The summed E-state index contributed by atoms with van der Waals surface area (Å²) in [5.41, 5.74) is 0.546. The standard InChI is InChI=1S/C15H16N4O2S2/c16-11-12-3-1-7-17-15(12)19-8-5-13(6-9-19)18-23(20,21)14-4-2-10-22-14/h1-4,7,10,13,18H,5-6,8-9H2. The second kappa shape index (κ2) is 6.66. The highest BCUT2D eigenvalue weighted by molar-refractivity contribution is 7.91. The number of piperidine rings is 1. The van der Waals surface area contributed by atoms with Crippen LogP contribution in [0.1, 0.15) is 18.4 Å². The summed E-state index contributed by atoms with van der Waals surface area (Å²) in [6, 6.07) is 8.88. The van der Waals surface area contributed by atoms with E-state index in [1.807, 2.05) is 4.90 Å². The van der Waals surface area contributed by atoms with E-state index < -0.39 is 10.0 Å². The number of sulfonamides is 1. The van der Waals surface area contributed by atoms with Crippen LogP contribution in [0.4, 0.5) is 5.82 Å². The van der Waals surface area contributed by atoms with E-state index in [2.05, 4.69) is 15.8 Å². The minimum absolute atomic E-state index is 0.0902. The van der Waals surface area contributed by atoms with Gasteiger partial charge in [0.1, 0.15) is 16.1 Å². The normalized spacial score (nSPS) is 16.2. The Hall–Kier alpha value is -1.95. The van der Waals surface area contributed by atoms with Gasteiger partial charge in [-0.1, -0.05) is 6.07 Å². The van der Waals surface area contributed by atoms with Crippen molar-refractivity contribution >= 4 is 27.2 Å². The van der Waals surface area contributed by atoms with Crippen molar-refractivity contribution in [3.8, 4) is 6.07 Å². The van der Waals surface area contributed by atoms with E-state index in [1.165, 1.54) is 11.3 Å². The Morgan fingerprint density at radius 3 is 2.74 bits per heavy atom. The Bertz CT molecular complexity index is 804. The van der Waals surface area contributed by atoms with Gasteiger partial charge in [0.25, 0.3) is 0 Å². The zero-order chi connectivity index (χ0) is 16.3. The third-order valence-electron chi connectivity index (χ3n) is 3.78. The topological polar surface area (TPSA) is 86.1 Å². The zero-order valence-corrected chi connectivity index (χ0v) is 14.0. The van der Waals surface area contributed by atoms with Gasteiger partial charge in [0.05, 0.1) is 5.56 Å². The minimum Gasteiger partial charge on any atom is -0.355 e. The summed E-state index contributed by atoms with van der Waals surface area (Å²) in [6.45, 7) is 1.34. The molecule has 1 saturated heterocycles. The number of anilines is 1. The molecular weight excluding hydrogens is 332 g/mol. The van der Waals surface area contributed by atoms with E-state index in [-0.39, 0.29) is 6.04 Å². The number of thiophene rings is 1. The van der Waals surface area contributed by atoms with Crippen LogP contribution < -0.4 is 9.62 Å². The zero-order valence-electron chi connectivity index (χ0n) is 12.3. The fourth-order valence-electron chi connectivity index (χ4n) is 2.64. The molecule has 0 atom stereocenters. The molecule has 6 nitrogen and oxygen atoms in total. The molecule has 0 bridgehead atoms. The van der Waals surface area contributed by atoms with Gasteiger partial charge in [-0.2, -0.15) is 5.26 Å². The number of nitrogens with one attached hydrogen (secondary N) is 1. The van der Waals surface area contributed by atoms with Gasteiger partial charge in [-0.25, -0.2) is 18.1 Å². The summed E-state index contributed by atoms with van der Waals surface area (Å²) < 4.78 is 27.6. The summed E-state index contributed by atoms with van der Waals surface area (Å²) in [4.78, 5) is 6.32. The minimum atomic E-state index is -3.43. The fourth-order valence-corrected chi connectivity index (χ4v) is 4.95. The number of hydrogen-bond acceptors (Lipinski definition) is 6. The summed E-state index contributed by atoms with van der Waals surface area (Å²) in [6.07, 6.45) is 3.04. The van der Waals surface area contributed by atoms with Crippen LogP contribution in [0.3, 0.4) is 0 Å². The molecular formula is C15H16N4O2S2. The van der Waals surface area contributed by atoms with Gasteiger partial charge in [-0.05, 0) is 36.4 Å². The molecule has 3 heterocycles. The molecule has 1 N–H and O–H groups in total. The third kappa shape index (κ3) is 3.52. The molecule has 1 fully saturated rings.